The van der Waals surface area contributed by atoms with E-state index in [2.05, 4.69) is 22.8 Å². The summed E-state index contributed by atoms with van der Waals surface area (Å²) in [5.41, 5.74) is 3.94. The summed E-state index contributed by atoms with van der Waals surface area (Å²) in [6.45, 7) is 0.401. The van der Waals surface area contributed by atoms with Gasteiger partial charge in [0.2, 0.25) is 0 Å². The molecular weight excluding hydrogens is 312 g/mol. The normalized spacial score (nSPS) is 10.1. The molecule has 0 spiro atoms. The molecule has 2 amide bonds. The molecule has 4 nitrogen and oxygen atoms in total. The van der Waals surface area contributed by atoms with Crippen molar-refractivity contribution in [2.75, 3.05) is 12.4 Å². The average Bonchev–Trinajstić information content (AvgIpc) is 2.68. The summed E-state index contributed by atoms with van der Waals surface area (Å²) in [6, 6.07) is 25.3. The fourth-order valence-corrected chi connectivity index (χ4v) is 2.58. The number of urea groups is 1. The van der Waals surface area contributed by atoms with Gasteiger partial charge in [0, 0.05) is 17.8 Å². The van der Waals surface area contributed by atoms with Gasteiger partial charge in [-0.2, -0.15) is 0 Å². The van der Waals surface area contributed by atoms with Gasteiger partial charge in [0.05, 0.1) is 7.11 Å². The van der Waals surface area contributed by atoms with Crippen LogP contribution in [0.25, 0.3) is 11.1 Å². The molecule has 0 aromatic heterocycles. The second kappa shape index (κ2) is 8.02. The summed E-state index contributed by atoms with van der Waals surface area (Å²) in [5, 5.41) is 5.68. The van der Waals surface area contributed by atoms with Crippen LogP contribution >= 0.6 is 0 Å². The number of amides is 2. The van der Waals surface area contributed by atoms with E-state index >= 15 is 0 Å². The SMILES string of the molecule is COc1ccccc1CNC(=O)Nc1ccc(-c2ccccc2)cc1. The van der Waals surface area contributed by atoms with E-state index in [-0.39, 0.29) is 6.03 Å². The van der Waals surface area contributed by atoms with Crippen molar-refractivity contribution < 1.29 is 9.53 Å². The van der Waals surface area contributed by atoms with Crippen molar-refractivity contribution in [1.29, 1.82) is 0 Å². The molecule has 0 saturated carbocycles. The molecule has 0 fully saturated rings. The van der Waals surface area contributed by atoms with Gasteiger partial charge < -0.3 is 15.4 Å². The number of ether oxygens (including phenoxy) is 1. The molecule has 126 valence electrons. The van der Waals surface area contributed by atoms with Crippen molar-refractivity contribution in [2.45, 2.75) is 6.54 Å². The third-order valence-electron chi connectivity index (χ3n) is 3.88. The minimum Gasteiger partial charge on any atom is -0.496 e. The van der Waals surface area contributed by atoms with Gasteiger partial charge in [0.25, 0.3) is 0 Å². The Morgan fingerprint density at radius 2 is 1.48 bits per heavy atom. The van der Waals surface area contributed by atoms with E-state index in [0.717, 1.165) is 28.1 Å². The number of carbonyl (C=O) groups is 1. The molecule has 0 aliphatic heterocycles. The number of para-hydroxylation sites is 1. The van der Waals surface area contributed by atoms with E-state index in [4.69, 9.17) is 4.74 Å². The molecule has 0 saturated heterocycles. The van der Waals surface area contributed by atoms with E-state index < -0.39 is 0 Å². The number of benzene rings is 3. The van der Waals surface area contributed by atoms with Crippen molar-refractivity contribution in [1.82, 2.24) is 5.32 Å². The van der Waals surface area contributed by atoms with Crippen LogP contribution in [0.4, 0.5) is 10.5 Å². The standard InChI is InChI=1S/C21H20N2O2/c1-25-20-10-6-5-9-18(20)15-22-21(24)23-19-13-11-17(12-14-19)16-7-3-2-4-8-16/h2-14H,15H2,1H3,(H2,22,23,24). The van der Waals surface area contributed by atoms with Crippen LogP contribution in [-0.2, 0) is 6.54 Å². The Morgan fingerprint density at radius 1 is 0.840 bits per heavy atom. The summed E-state index contributed by atoms with van der Waals surface area (Å²) in [6.07, 6.45) is 0. The van der Waals surface area contributed by atoms with Gasteiger partial charge in [-0.3, -0.25) is 0 Å². The van der Waals surface area contributed by atoms with Gasteiger partial charge >= 0.3 is 6.03 Å². The first-order chi connectivity index (χ1) is 12.3. The highest BCUT2D eigenvalue weighted by Crippen LogP contribution is 2.21. The van der Waals surface area contributed by atoms with Crippen molar-refractivity contribution in [3.63, 3.8) is 0 Å². The fraction of sp³-hybridized carbons (Fsp3) is 0.0952. The Hall–Kier alpha value is -3.27. The van der Waals surface area contributed by atoms with Crippen molar-refractivity contribution in [3.05, 3.63) is 84.4 Å². The quantitative estimate of drug-likeness (QED) is 0.712. The Bertz CT molecular complexity index is 830. The van der Waals surface area contributed by atoms with Gasteiger partial charge in [0.1, 0.15) is 5.75 Å². The molecule has 0 heterocycles. The second-order valence-corrected chi connectivity index (χ2v) is 5.56. The Balaban J connectivity index is 1.58. The first-order valence-electron chi connectivity index (χ1n) is 8.08. The molecule has 3 aromatic carbocycles. The maximum atomic E-state index is 12.1. The molecule has 25 heavy (non-hydrogen) atoms. The molecule has 0 radical (unpaired) electrons. The Labute approximate surface area is 147 Å². The first-order valence-corrected chi connectivity index (χ1v) is 8.08. The van der Waals surface area contributed by atoms with Crippen LogP contribution in [0.2, 0.25) is 0 Å². The van der Waals surface area contributed by atoms with Crippen molar-refractivity contribution in [2.24, 2.45) is 0 Å². The number of anilines is 1. The minimum atomic E-state index is -0.252. The molecule has 2 N–H and O–H groups in total. The first kappa shape index (κ1) is 16.6. The van der Waals surface area contributed by atoms with Crippen LogP contribution < -0.4 is 15.4 Å². The smallest absolute Gasteiger partial charge is 0.319 e. The predicted molar refractivity (Wildman–Crippen MR) is 101 cm³/mol. The highest BCUT2D eigenvalue weighted by Gasteiger charge is 2.05. The lowest BCUT2D eigenvalue weighted by molar-refractivity contribution is 0.251. The lowest BCUT2D eigenvalue weighted by atomic mass is 10.1. The van der Waals surface area contributed by atoms with E-state index in [1.54, 1.807) is 7.11 Å². The zero-order valence-corrected chi connectivity index (χ0v) is 14.0. The number of hydrogen-bond donors (Lipinski definition) is 2. The van der Waals surface area contributed by atoms with Gasteiger partial charge in [-0.15, -0.1) is 0 Å². The van der Waals surface area contributed by atoms with Gasteiger partial charge in [-0.25, -0.2) is 4.79 Å². The van der Waals surface area contributed by atoms with E-state index in [9.17, 15) is 4.79 Å². The minimum absolute atomic E-state index is 0.252. The van der Waals surface area contributed by atoms with Crippen LogP contribution in [0.15, 0.2) is 78.9 Å². The zero-order valence-electron chi connectivity index (χ0n) is 14.0. The Kier molecular flexibility index (Phi) is 5.32. The maximum absolute atomic E-state index is 12.1. The second-order valence-electron chi connectivity index (χ2n) is 5.56. The van der Waals surface area contributed by atoms with Crippen LogP contribution in [0.1, 0.15) is 5.56 Å². The number of carbonyl (C=O) groups excluding carboxylic acids is 1. The van der Waals surface area contributed by atoms with Gasteiger partial charge in [0.15, 0.2) is 0 Å². The lowest BCUT2D eigenvalue weighted by Gasteiger charge is -2.11. The van der Waals surface area contributed by atoms with Crippen LogP contribution in [-0.4, -0.2) is 13.1 Å². The third kappa shape index (κ3) is 4.38. The van der Waals surface area contributed by atoms with E-state index in [0.29, 0.717) is 6.54 Å². The van der Waals surface area contributed by atoms with Gasteiger partial charge in [-0.05, 0) is 29.3 Å². The lowest BCUT2D eigenvalue weighted by Crippen LogP contribution is -2.28. The molecule has 0 aliphatic carbocycles. The number of hydrogen-bond acceptors (Lipinski definition) is 2. The summed E-state index contributed by atoms with van der Waals surface area (Å²) >= 11 is 0. The molecule has 3 rings (SSSR count). The number of methoxy groups -OCH3 is 1. The summed E-state index contributed by atoms with van der Waals surface area (Å²) in [4.78, 5) is 12.1. The topological polar surface area (TPSA) is 50.4 Å². The van der Waals surface area contributed by atoms with Crippen molar-refractivity contribution >= 4 is 11.7 Å². The maximum Gasteiger partial charge on any atom is 0.319 e. The van der Waals surface area contributed by atoms with E-state index in [1.165, 1.54) is 0 Å². The number of rotatable bonds is 5. The fourth-order valence-electron chi connectivity index (χ4n) is 2.58. The van der Waals surface area contributed by atoms with E-state index in [1.807, 2.05) is 66.7 Å². The summed E-state index contributed by atoms with van der Waals surface area (Å²) in [7, 11) is 1.62. The number of nitrogens with one attached hydrogen (secondary N) is 2. The van der Waals surface area contributed by atoms with Gasteiger partial charge in [-0.1, -0.05) is 60.7 Å². The molecule has 3 aromatic rings. The van der Waals surface area contributed by atoms with Crippen LogP contribution in [0.3, 0.4) is 0 Å². The summed E-state index contributed by atoms with van der Waals surface area (Å²) < 4.78 is 5.28. The molecular formula is C21H20N2O2. The average molecular weight is 332 g/mol. The molecule has 4 heteroatoms. The highest BCUT2D eigenvalue weighted by molar-refractivity contribution is 5.89. The molecule has 0 atom stereocenters. The molecule has 0 unspecified atom stereocenters. The highest BCUT2D eigenvalue weighted by atomic mass is 16.5. The van der Waals surface area contributed by atoms with Crippen LogP contribution in [0.5, 0.6) is 5.75 Å². The third-order valence-corrected chi connectivity index (χ3v) is 3.88. The Morgan fingerprint density at radius 3 is 2.20 bits per heavy atom. The largest absolute Gasteiger partial charge is 0.496 e. The summed E-state index contributed by atoms with van der Waals surface area (Å²) in [5.74, 6) is 0.759. The molecule has 0 bridgehead atoms. The predicted octanol–water partition coefficient (Wildman–Crippen LogP) is 4.68. The van der Waals surface area contributed by atoms with Crippen molar-refractivity contribution in [3.8, 4) is 16.9 Å². The van der Waals surface area contributed by atoms with Crippen LogP contribution in [0, 0.1) is 0 Å². The molecule has 0 aliphatic rings. The zero-order chi connectivity index (χ0) is 17.5. The monoisotopic (exact) mass is 332 g/mol.